The van der Waals surface area contributed by atoms with E-state index in [-0.39, 0.29) is 5.56 Å². The SMILES string of the molecule is COC(=O)c1ccccc1CNc1ccccc1C(=O)O. The predicted octanol–water partition coefficient (Wildman–Crippen LogP) is 2.78. The normalized spacial score (nSPS) is 9.95. The number of rotatable bonds is 5. The summed E-state index contributed by atoms with van der Waals surface area (Å²) >= 11 is 0. The Morgan fingerprint density at radius 2 is 1.67 bits per heavy atom. The molecule has 2 N–H and O–H groups in total. The number of hydrogen-bond acceptors (Lipinski definition) is 4. The number of para-hydroxylation sites is 1. The summed E-state index contributed by atoms with van der Waals surface area (Å²) in [5.41, 5.74) is 1.89. The molecule has 2 aromatic carbocycles. The average molecular weight is 285 g/mol. The fourth-order valence-electron chi connectivity index (χ4n) is 2.00. The van der Waals surface area contributed by atoms with Crippen molar-refractivity contribution in [3.63, 3.8) is 0 Å². The van der Waals surface area contributed by atoms with Gasteiger partial charge in [0.2, 0.25) is 0 Å². The van der Waals surface area contributed by atoms with Crippen LogP contribution in [0.5, 0.6) is 0 Å². The second-order valence-electron chi connectivity index (χ2n) is 4.35. The van der Waals surface area contributed by atoms with Crippen LogP contribution in [-0.4, -0.2) is 24.2 Å². The Balaban J connectivity index is 2.21. The lowest BCUT2D eigenvalue weighted by Crippen LogP contribution is -2.10. The van der Waals surface area contributed by atoms with Crippen LogP contribution >= 0.6 is 0 Å². The number of methoxy groups -OCH3 is 1. The standard InChI is InChI=1S/C16H15NO4/c1-21-16(20)12-7-3-2-6-11(12)10-17-14-9-5-4-8-13(14)15(18)19/h2-9,17H,10H2,1H3,(H,18,19). The van der Waals surface area contributed by atoms with Crippen molar-refractivity contribution in [1.82, 2.24) is 0 Å². The molecule has 0 unspecified atom stereocenters. The highest BCUT2D eigenvalue weighted by atomic mass is 16.5. The summed E-state index contributed by atoms with van der Waals surface area (Å²) in [6.45, 7) is 0.329. The minimum atomic E-state index is -1.00. The van der Waals surface area contributed by atoms with E-state index in [2.05, 4.69) is 5.32 Å². The molecular weight excluding hydrogens is 270 g/mol. The molecule has 0 fully saturated rings. The van der Waals surface area contributed by atoms with Gasteiger partial charge in [0, 0.05) is 12.2 Å². The summed E-state index contributed by atoms with van der Waals surface area (Å²) in [6.07, 6.45) is 0. The van der Waals surface area contributed by atoms with E-state index in [1.54, 1.807) is 36.4 Å². The van der Waals surface area contributed by atoms with Crippen LogP contribution in [0.2, 0.25) is 0 Å². The van der Waals surface area contributed by atoms with E-state index in [0.717, 1.165) is 5.56 Å². The summed E-state index contributed by atoms with van der Waals surface area (Å²) in [5.74, 6) is -1.42. The number of anilines is 1. The fraction of sp³-hybridized carbons (Fsp3) is 0.125. The molecule has 0 saturated heterocycles. The van der Waals surface area contributed by atoms with E-state index >= 15 is 0 Å². The highest BCUT2D eigenvalue weighted by Gasteiger charge is 2.12. The first-order chi connectivity index (χ1) is 10.1. The first-order valence-corrected chi connectivity index (χ1v) is 6.36. The Morgan fingerprint density at radius 3 is 2.33 bits per heavy atom. The molecule has 0 atom stereocenters. The quantitative estimate of drug-likeness (QED) is 0.826. The summed E-state index contributed by atoms with van der Waals surface area (Å²) in [6, 6.07) is 13.7. The van der Waals surface area contributed by atoms with Crippen molar-refractivity contribution < 1.29 is 19.4 Å². The summed E-state index contributed by atoms with van der Waals surface area (Å²) in [7, 11) is 1.33. The van der Waals surface area contributed by atoms with E-state index in [4.69, 9.17) is 9.84 Å². The molecule has 0 spiro atoms. The molecule has 0 heterocycles. The fourth-order valence-corrected chi connectivity index (χ4v) is 2.00. The molecule has 0 amide bonds. The smallest absolute Gasteiger partial charge is 0.338 e. The first kappa shape index (κ1) is 14.6. The van der Waals surface area contributed by atoms with Crippen LogP contribution in [0.15, 0.2) is 48.5 Å². The van der Waals surface area contributed by atoms with Crippen molar-refractivity contribution in [1.29, 1.82) is 0 Å². The molecular formula is C16H15NO4. The van der Waals surface area contributed by atoms with Crippen LogP contribution in [0.1, 0.15) is 26.3 Å². The predicted molar refractivity (Wildman–Crippen MR) is 78.5 cm³/mol. The lowest BCUT2D eigenvalue weighted by Gasteiger charge is -2.12. The number of esters is 1. The molecule has 2 rings (SSSR count). The van der Waals surface area contributed by atoms with E-state index in [9.17, 15) is 9.59 Å². The van der Waals surface area contributed by atoms with Gasteiger partial charge >= 0.3 is 11.9 Å². The maximum absolute atomic E-state index is 11.7. The lowest BCUT2D eigenvalue weighted by atomic mass is 10.1. The molecule has 108 valence electrons. The van der Waals surface area contributed by atoms with Gasteiger partial charge in [0.05, 0.1) is 18.2 Å². The monoisotopic (exact) mass is 285 g/mol. The molecule has 0 radical (unpaired) electrons. The summed E-state index contributed by atoms with van der Waals surface area (Å²) in [4.78, 5) is 22.8. The van der Waals surface area contributed by atoms with Crippen LogP contribution in [0, 0.1) is 0 Å². The zero-order valence-corrected chi connectivity index (χ0v) is 11.5. The van der Waals surface area contributed by atoms with Crippen LogP contribution < -0.4 is 5.32 Å². The van der Waals surface area contributed by atoms with Gasteiger partial charge in [-0.05, 0) is 23.8 Å². The Kier molecular flexibility index (Phi) is 4.56. The van der Waals surface area contributed by atoms with Gasteiger partial charge in [-0.25, -0.2) is 9.59 Å². The van der Waals surface area contributed by atoms with Gasteiger partial charge in [-0.15, -0.1) is 0 Å². The van der Waals surface area contributed by atoms with Gasteiger partial charge in [0.25, 0.3) is 0 Å². The van der Waals surface area contributed by atoms with Gasteiger partial charge in [-0.1, -0.05) is 30.3 Å². The van der Waals surface area contributed by atoms with Crippen molar-refractivity contribution in [3.8, 4) is 0 Å². The van der Waals surface area contributed by atoms with E-state index in [0.29, 0.717) is 17.8 Å². The molecule has 0 aromatic heterocycles. The third kappa shape index (κ3) is 3.39. The molecule has 0 aliphatic heterocycles. The van der Waals surface area contributed by atoms with Gasteiger partial charge in [0.1, 0.15) is 0 Å². The van der Waals surface area contributed by atoms with Gasteiger partial charge < -0.3 is 15.2 Å². The number of carboxylic acids is 1. The maximum Gasteiger partial charge on any atom is 0.338 e. The number of carbonyl (C=O) groups excluding carboxylic acids is 1. The van der Waals surface area contributed by atoms with Crippen molar-refractivity contribution >= 4 is 17.6 Å². The molecule has 0 aliphatic carbocycles. The third-order valence-corrected chi connectivity index (χ3v) is 3.05. The number of ether oxygens (including phenoxy) is 1. The molecule has 21 heavy (non-hydrogen) atoms. The van der Waals surface area contributed by atoms with Crippen molar-refractivity contribution in [3.05, 3.63) is 65.2 Å². The number of carbonyl (C=O) groups is 2. The highest BCUT2D eigenvalue weighted by Crippen LogP contribution is 2.17. The summed E-state index contributed by atoms with van der Waals surface area (Å²) < 4.78 is 4.73. The summed E-state index contributed by atoms with van der Waals surface area (Å²) in [5, 5.41) is 12.2. The highest BCUT2D eigenvalue weighted by molar-refractivity contribution is 5.94. The van der Waals surface area contributed by atoms with E-state index in [1.807, 2.05) is 6.07 Å². The zero-order valence-electron chi connectivity index (χ0n) is 11.5. The van der Waals surface area contributed by atoms with Crippen LogP contribution in [-0.2, 0) is 11.3 Å². The minimum absolute atomic E-state index is 0.188. The molecule has 0 saturated carbocycles. The molecule has 0 aliphatic rings. The second kappa shape index (κ2) is 6.56. The molecule has 2 aromatic rings. The molecule has 5 nitrogen and oxygen atoms in total. The Bertz CT molecular complexity index is 667. The average Bonchev–Trinajstić information content (AvgIpc) is 2.52. The topological polar surface area (TPSA) is 75.6 Å². The van der Waals surface area contributed by atoms with Crippen LogP contribution in [0.4, 0.5) is 5.69 Å². The largest absolute Gasteiger partial charge is 0.478 e. The van der Waals surface area contributed by atoms with Crippen molar-refractivity contribution in [2.45, 2.75) is 6.54 Å². The Labute approximate surface area is 122 Å². The van der Waals surface area contributed by atoms with Gasteiger partial charge in [0.15, 0.2) is 0 Å². The Hall–Kier alpha value is -2.82. The number of nitrogens with one attached hydrogen (secondary N) is 1. The first-order valence-electron chi connectivity index (χ1n) is 6.36. The minimum Gasteiger partial charge on any atom is -0.478 e. The molecule has 5 heteroatoms. The van der Waals surface area contributed by atoms with Crippen molar-refractivity contribution in [2.24, 2.45) is 0 Å². The zero-order chi connectivity index (χ0) is 15.2. The third-order valence-electron chi connectivity index (χ3n) is 3.05. The number of aromatic carboxylic acids is 1. The van der Waals surface area contributed by atoms with Crippen LogP contribution in [0.25, 0.3) is 0 Å². The number of benzene rings is 2. The van der Waals surface area contributed by atoms with Crippen LogP contribution in [0.3, 0.4) is 0 Å². The maximum atomic E-state index is 11.7. The van der Waals surface area contributed by atoms with E-state index in [1.165, 1.54) is 13.2 Å². The van der Waals surface area contributed by atoms with Gasteiger partial charge in [-0.2, -0.15) is 0 Å². The number of carboxylic acid groups (broad SMARTS) is 1. The lowest BCUT2D eigenvalue weighted by molar-refractivity contribution is 0.0598. The Morgan fingerprint density at radius 1 is 1.05 bits per heavy atom. The van der Waals surface area contributed by atoms with E-state index < -0.39 is 11.9 Å². The number of hydrogen-bond donors (Lipinski definition) is 2. The van der Waals surface area contributed by atoms with Crippen molar-refractivity contribution in [2.75, 3.05) is 12.4 Å². The molecule has 0 bridgehead atoms. The second-order valence-corrected chi connectivity index (χ2v) is 4.35. The van der Waals surface area contributed by atoms with Gasteiger partial charge in [-0.3, -0.25) is 0 Å².